The lowest BCUT2D eigenvalue weighted by molar-refractivity contribution is -0.132. The summed E-state index contributed by atoms with van der Waals surface area (Å²) in [4.78, 5) is 14.2. The van der Waals surface area contributed by atoms with Crippen molar-refractivity contribution >= 4 is 18.3 Å². The summed E-state index contributed by atoms with van der Waals surface area (Å²) in [6, 6.07) is 0. The highest BCUT2D eigenvalue weighted by atomic mass is 35.5. The van der Waals surface area contributed by atoms with Crippen LogP contribution in [0.15, 0.2) is 0 Å². The van der Waals surface area contributed by atoms with Crippen molar-refractivity contribution in [1.82, 2.24) is 15.5 Å². The largest absolute Gasteiger partial charge is 0.379 e. The first-order valence-electron chi connectivity index (χ1n) is 7.64. The number of carbonyl (C=O) groups is 1. The average molecular weight is 324 g/mol. The summed E-state index contributed by atoms with van der Waals surface area (Å²) >= 11 is 0. The molecule has 2 N–H and O–H groups in total. The van der Waals surface area contributed by atoms with Crippen molar-refractivity contribution in [3.05, 3.63) is 0 Å². The lowest BCUT2D eigenvalue weighted by atomic mass is 10.3. The van der Waals surface area contributed by atoms with Crippen molar-refractivity contribution in [2.45, 2.75) is 26.4 Å². The van der Waals surface area contributed by atoms with E-state index in [2.05, 4.69) is 15.5 Å². The minimum absolute atomic E-state index is 0. The fourth-order valence-corrected chi connectivity index (χ4v) is 2.10. The lowest BCUT2D eigenvalue weighted by Gasteiger charge is -2.27. The molecule has 0 bridgehead atoms. The van der Waals surface area contributed by atoms with E-state index in [0.717, 1.165) is 39.1 Å². The van der Waals surface area contributed by atoms with E-state index in [1.165, 1.54) is 0 Å². The molecular weight excluding hydrogens is 294 g/mol. The van der Waals surface area contributed by atoms with Crippen molar-refractivity contribution in [3.8, 4) is 0 Å². The van der Waals surface area contributed by atoms with Crippen LogP contribution in [0.2, 0.25) is 0 Å². The lowest BCUT2D eigenvalue weighted by Crippen LogP contribution is -2.44. The van der Waals surface area contributed by atoms with Crippen LogP contribution in [0.25, 0.3) is 0 Å². The van der Waals surface area contributed by atoms with E-state index in [1.807, 2.05) is 6.92 Å². The third-order valence-electron chi connectivity index (χ3n) is 3.33. The molecule has 1 aliphatic rings. The molecule has 0 radical (unpaired) electrons. The van der Waals surface area contributed by atoms with Gasteiger partial charge in [0, 0.05) is 39.3 Å². The molecule has 1 unspecified atom stereocenters. The van der Waals surface area contributed by atoms with Crippen LogP contribution >= 0.6 is 12.4 Å². The van der Waals surface area contributed by atoms with Gasteiger partial charge in [-0.25, -0.2) is 0 Å². The zero-order valence-corrected chi connectivity index (χ0v) is 14.0. The van der Waals surface area contributed by atoms with Gasteiger partial charge in [-0.15, -0.1) is 12.4 Å². The monoisotopic (exact) mass is 323 g/mol. The van der Waals surface area contributed by atoms with E-state index in [9.17, 15) is 4.79 Å². The summed E-state index contributed by atoms with van der Waals surface area (Å²) in [7, 11) is 0. The van der Waals surface area contributed by atoms with Crippen LogP contribution in [0.5, 0.6) is 0 Å². The van der Waals surface area contributed by atoms with Gasteiger partial charge in [0.05, 0.1) is 13.2 Å². The van der Waals surface area contributed by atoms with Gasteiger partial charge in [-0.2, -0.15) is 0 Å². The highest BCUT2D eigenvalue weighted by molar-refractivity contribution is 5.85. The Labute approximate surface area is 134 Å². The Hall–Kier alpha value is -0.400. The molecule has 126 valence electrons. The minimum Gasteiger partial charge on any atom is -0.379 e. The molecule has 0 spiro atoms. The molecule has 1 amide bonds. The molecule has 21 heavy (non-hydrogen) atoms. The van der Waals surface area contributed by atoms with Crippen LogP contribution < -0.4 is 10.6 Å². The molecule has 7 heteroatoms. The molecule has 0 aromatic heterocycles. The third-order valence-corrected chi connectivity index (χ3v) is 3.33. The molecule has 0 aliphatic carbocycles. The fourth-order valence-electron chi connectivity index (χ4n) is 2.10. The smallest absolute Gasteiger partial charge is 0.248 e. The minimum atomic E-state index is -0.408. The Kier molecular flexibility index (Phi) is 13.0. The Morgan fingerprint density at radius 3 is 2.71 bits per heavy atom. The van der Waals surface area contributed by atoms with Gasteiger partial charge in [-0.3, -0.25) is 4.79 Å². The van der Waals surface area contributed by atoms with E-state index in [4.69, 9.17) is 9.47 Å². The number of nitrogens with zero attached hydrogens (tertiary/aromatic N) is 1. The third kappa shape index (κ3) is 10.0. The first-order chi connectivity index (χ1) is 9.74. The van der Waals surface area contributed by atoms with Crippen LogP contribution in [0.1, 0.15) is 20.3 Å². The van der Waals surface area contributed by atoms with Crippen LogP contribution in [0, 0.1) is 0 Å². The van der Waals surface area contributed by atoms with Crippen molar-refractivity contribution in [2.75, 3.05) is 59.1 Å². The highest BCUT2D eigenvalue weighted by Gasteiger charge is 2.13. The highest BCUT2D eigenvalue weighted by Crippen LogP contribution is 1.95. The van der Waals surface area contributed by atoms with E-state index in [0.29, 0.717) is 26.4 Å². The molecule has 0 aromatic carbocycles. The molecule has 0 aromatic rings. The predicted molar refractivity (Wildman–Crippen MR) is 86.1 cm³/mol. The van der Waals surface area contributed by atoms with E-state index in [1.54, 1.807) is 6.92 Å². The molecule has 1 aliphatic heterocycles. The fraction of sp³-hybridized carbons (Fsp3) is 0.929. The Morgan fingerprint density at radius 2 is 2.05 bits per heavy atom. The molecular formula is C14H30ClN3O3. The molecule has 1 heterocycles. The second-order valence-electron chi connectivity index (χ2n) is 4.95. The van der Waals surface area contributed by atoms with Gasteiger partial charge in [0.15, 0.2) is 0 Å². The second kappa shape index (κ2) is 13.3. The number of ether oxygens (including phenoxy) is 2. The standard InChI is InChI=1S/C14H29N3O3.ClH/c1-3-19-11-12-20-13(2)14(18)16-5-4-8-17-9-6-15-7-10-17;/h13,15H,3-12H2,1-2H3,(H,16,18);1H. The van der Waals surface area contributed by atoms with Crippen LogP contribution in [0.3, 0.4) is 0 Å². The first kappa shape index (κ1) is 20.6. The SMILES string of the molecule is CCOCCOC(C)C(=O)NCCCN1CCNCC1.Cl. The van der Waals surface area contributed by atoms with Gasteiger partial charge in [-0.1, -0.05) is 0 Å². The summed E-state index contributed by atoms with van der Waals surface area (Å²) < 4.78 is 10.6. The van der Waals surface area contributed by atoms with Gasteiger partial charge in [0.1, 0.15) is 6.10 Å². The molecule has 1 fully saturated rings. The molecule has 0 saturated carbocycles. The van der Waals surface area contributed by atoms with Crippen molar-refractivity contribution in [3.63, 3.8) is 0 Å². The van der Waals surface area contributed by atoms with Crippen LogP contribution in [-0.2, 0) is 14.3 Å². The van der Waals surface area contributed by atoms with Crippen molar-refractivity contribution in [2.24, 2.45) is 0 Å². The number of amides is 1. The Balaban J connectivity index is 0.00000400. The number of carbonyl (C=O) groups excluding carboxylic acids is 1. The number of hydrogen-bond donors (Lipinski definition) is 2. The Bertz CT molecular complexity index is 264. The summed E-state index contributed by atoms with van der Waals surface area (Å²) in [5.41, 5.74) is 0. The summed E-state index contributed by atoms with van der Waals surface area (Å²) in [6.07, 6.45) is 0.576. The van der Waals surface area contributed by atoms with Crippen LogP contribution in [0.4, 0.5) is 0 Å². The second-order valence-corrected chi connectivity index (χ2v) is 4.95. The number of nitrogens with one attached hydrogen (secondary N) is 2. The first-order valence-corrected chi connectivity index (χ1v) is 7.64. The topological polar surface area (TPSA) is 62.8 Å². The molecule has 1 saturated heterocycles. The molecule has 6 nitrogen and oxygen atoms in total. The van der Waals surface area contributed by atoms with Gasteiger partial charge < -0.3 is 25.0 Å². The van der Waals surface area contributed by atoms with Crippen LogP contribution in [-0.4, -0.2) is 76.0 Å². The normalized spacial score (nSPS) is 17.0. The van der Waals surface area contributed by atoms with E-state index < -0.39 is 6.10 Å². The number of hydrogen-bond acceptors (Lipinski definition) is 5. The van der Waals surface area contributed by atoms with Gasteiger partial charge in [0.2, 0.25) is 5.91 Å². The number of piperazine rings is 1. The summed E-state index contributed by atoms with van der Waals surface area (Å²) in [5, 5.41) is 6.24. The van der Waals surface area contributed by atoms with Gasteiger partial charge in [-0.05, 0) is 26.8 Å². The van der Waals surface area contributed by atoms with E-state index >= 15 is 0 Å². The predicted octanol–water partition coefficient (Wildman–Crippen LogP) is 0.261. The van der Waals surface area contributed by atoms with Gasteiger partial charge in [0.25, 0.3) is 0 Å². The quantitative estimate of drug-likeness (QED) is 0.565. The summed E-state index contributed by atoms with van der Waals surface area (Å²) in [6.45, 7) is 11.5. The maximum atomic E-state index is 11.8. The maximum Gasteiger partial charge on any atom is 0.248 e. The number of halogens is 1. The van der Waals surface area contributed by atoms with Gasteiger partial charge >= 0.3 is 0 Å². The number of rotatable bonds is 10. The van der Waals surface area contributed by atoms with E-state index in [-0.39, 0.29) is 18.3 Å². The maximum absolute atomic E-state index is 11.8. The average Bonchev–Trinajstić information content (AvgIpc) is 2.48. The van der Waals surface area contributed by atoms with Crippen molar-refractivity contribution in [1.29, 1.82) is 0 Å². The zero-order chi connectivity index (χ0) is 14.6. The zero-order valence-electron chi connectivity index (χ0n) is 13.2. The summed E-state index contributed by atoms with van der Waals surface area (Å²) in [5.74, 6) is -0.0400. The Morgan fingerprint density at radius 1 is 1.33 bits per heavy atom. The van der Waals surface area contributed by atoms with Crippen molar-refractivity contribution < 1.29 is 14.3 Å². The molecule has 1 rings (SSSR count). The molecule has 1 atom stereocenters.